The van der Waals surface area contributed by atoms with E-state index in [0.717, 1.165) is 0 Å². The van der Waals surface area contributed by atoms with Crippen LogP contribution >= 0.6 is 0 Å². The van der Waals surface area contributed by atoms with Crippen LogP contribution in [0.3, 0.4) is 0 Å². The molecule has 0 saturated heterocycles. The average molecular weight is 372 g/mol. The number of methoxy groups -OCH3 is 1. The van der Waals surface area contributed by atoms with Crippen LogP contribution in [0, 0.1) is 0 Å². The number of aromatic nitrogens is 1. The summed E-state index contributed by atoms with van der Waals surface area (Å²) < 4.78 is 31.9. The van der Waals surface area contributed by atoms with Crippen molar-refractivity contribution in [3.05, 3.63) is 65.9 Å². The predicted octanol–water partition coefficient (Wildman–Crippen LogP) is 2.67. The molecule has 0 amide bonds. The van der Waals surface area contributed by atoms with Crippen LogP contribution in [-0.4, -0.2) is 31.6 Å². The van der Waals surface area contributed by atoms with E-state index in [1.54, 1.807) is 36.4 Å². The first-order valence-electron chi connectivity index (χ1n) is 7.63. The van der Waals surface area contributed by atoms with Crippen LogP contribution in [0.15, 0.2) is 54.7 Å². The summed E-state index contributed by atoms with van der Waals surface area (Å²) in [5.74, 6) is -0.831. The van der Waals surface area contributed by atoms with E-state index in [1.165, 1.54) is 25.4 Å². The van der Waals surface area contributed by atoms with Gasteiger partial charge in [0.15, 0.2) is 0 Å². The summed E-state index contributed by atoms with van der Waals surface area (Å²) in [4.78, 5) is 15.2. The Balaban J connectivity index is 1.77. The van der Waals surface area contributed by atoms with Crippen LogP contribution in [0.1, 0.15) is 15.9 Å². The third-order valence-electron chi connectivity index (χ3n) is 3.75. The van der Waals surface area contributed by atoms with Crippen LogP contribution in [0.5, 0.6) is 5.88 Å². The van der Waals surface area contributed by atoms with E-state index in [1.807, 2.05) is 0 Å². The number of nitrogens with one attached hydrogen (secondary N) is 1. The van der Waals surface area contributed by atoms with E-state index >= 15 is 0 Å². The number of nitrogens with zero attached hydrogens (tertiary/aromatic N) is 1. The van der Waals surface area contributed by atoms with Crippen molar-refractivity contribution in [3.63, 3.8) is 0 Å². The van der Waals surface area contributed by atoms with E-state index in [2.05, 4.69) is 14.4 Å². The van der Waals surface area contributed by atoms with Gasteiger partial charge in [-0.1, -0.05) is 12.1 Å². The molecule has 0 aliphatic rings. The fourth-order valence-corrected chi connectivity index (χ4v) is 3.70. The molecule has 2 N–H and O–H groups in total. The number of hydrogen-bond donors (Lipinski definition) is 2. The molecule has 0 saturated carbocycles. The lowest BCUT2D eigenvalue weighted by molar-refractivity contribution is 0.0600. The van der Waals surface area contributed by atoms with Gasteiger partial charge in [-0.25, -0.2) is 18.2 Å². The maximum Gasteiger partial charge on any atom is 0.337 e. The van der Waals surface area contributed by atoms with Gasteiger partial charge < -0.3 is 9.84 Å². The Morgan fingerprint density at radius 1 is 1.15 bits per heavy atom. The van der Waals surface area contributed by atoms with Crippen molar-refractivity contribution in [2.24, 2.45) is 0 Å². The molecule has 0 fully saturated rings. The van der Waals surface area contributed by atoms with E-state index in [4.69, 9.17) is 0 Å². The summed E-state index contributed by atoms with van der Waals surface area (Å²) in [6.07, 6.45) is 1.44. The number of pyridine rings is 1. The molecule has 0 radical (unpaired) electrons. The van der Waals surface area contributed by atoms with Crippen LogP contribution in [0.25, 0.3) is 10.8 Å². The van der Waals surface area contributed by atoms with Crippen molar-refractivity contribution in [3.8, 4) is 5.88 Å². The maximum absolute atomic E-state index is 12.4. The van der Waals surface area contributed by atoms with E-state index in [0.29, 0.717) is 27.6 Å². The number of carbonyl (C=O) groups excluding carboxylic acids is 1. The summed E-state index contributed by atoms with van der Waals surface area (Å²) in [7, 11) is -2.37. The number of rotatable bonds is 5. The van der Waals surface area contributed by atoms with Gasteiger partial charge in [0.05, 0.1) is 18.4 Å². The van der Waals surface area contributed by atoms with E-state index < -0.39 is 16.0 Å². The summed E-state index contributed by atoms with van der Waals surface area (Å²) in [6.45, 7) is 0. The number of hydrogen-bond acceptors (Lipinski definition) is 6. The Labute approximate surface area is 150 Å². The molecule has 0 unspecified atom stereocenters. The monoisotopic (exact) mass is 372 g/mol. The van der Waals surface area contributed by atoms with Crippen LogP contribution < -0.4 is 4.72 Å². The zero-order valence-electron chi connectivity index (χ0n) is 13.8. The molecule has 1 aromatic heterocycles. The maximum atomic E-state index is 12.4. The SMILES string of the molecule is COC(=O)c1ccc(CS(=O)(=O)Nc2ccc3c(O)nccc3c2)cc1. The molecule has 8 heteroatoms. The van der Waals surface area contributed by atoms with Crippen LogP contribution in [-0.2, 0) is 20.5 Å². The number of benzene rings is 2. The number of carbonyl (C=O) groups is 1. The number of sulfonamides is 1. The molecule has 0 bridgehead atoms. The average Bonchev–Trinajstić information content (AvgIpc) is 2.61. The Morgan fingerprint density at radius 3 is 2.58 bits per heavy atom. The molecule has 3 rings (SSSR count). The minimum Gasteiger partial charge on any atom is -0.493 e. The first-order chi connectivity index (χ1) is 12.4. The molecule has 0 aliphatic heterocycles. The van der Waals surface area contributed by atoms with Crippen molar-refractivity contribution in [2.45, 2.75) is 5.75 Å². The summed E-state index contributed by atoms with van der Waals surface area (Å²) in [6, 6.07) is 12.6. The number of anilines is 1. The third-order valence-corrected chi connectivity index (χ3v) is 5.01. The minimum absolute atomic E-state index is 0.109. The van der Waals surface area contributed by atoms with Crippen molar-refractivity contribution in [1.29, 1.82) is 0 Å². The number of fused-ring (bicyclic) bond motifs is 1. The molecular formula is C18H16N2O5S. The van der Waals surface area contributed by atoms with Gasteiger partial charge in [0.25, 0.3) is 0 Å². The van der Waals surface area contributed by atoms with E-state index in [-0.39, 0.29) is 11.6 Å². The first-order valence-corrected chi connectivity index (χ1v) is 9.29. The lowest BCUT2D eigenvalue weighted by Crippen LogP contribution is -2.15. The second-order valence-electron chi connectivity index (χ2n) is 5.62. The quantitative estimate of drug-likeness (QED) is 0.667. The summed E-state index contributed by atoms with van der Waals surface area (Å²) in [5, 5.41) is 10.9. The molecule has 0 aliphatic carbocycles. The van der Waals surface area contributed by atoms with Gasteiger partial charge >= 0.3 is 5.97 Å². The highest BCUT2D eigenvalue weighted by molar-refractivity contribution is 7.91. The van der Waals surface area contributed by atoms with Crippen molar-refractivity contribution in [1.82, 2.24) is 4.98 Å². The first kappa shape index (κ1) is 17.7. The van der Waals surface area contributed by atoms with Crippen molar-refractivity contribution >= 4 is 32.5 Å². The fraction of sp³-hybridized carbons (Fsp3) is 0.111. The number of ether oxygens (including phenoxy) is 1. The topological polar surface area (TPSA) is 106 Å². The van der Waals surface area contributed by atoms with Gasteiger partial charge in [0.1, 0.15) is 0 Å². The van der Waals surface area contributed by atoms with Crippen molar-refractivity contribution in [2.75, 3.05) is 11.8 Å². The molecule has 26 heavy (non-hydrogen) atoms. The molecule has 7 nitrogen and oxygen atoms in total. The number of aromatic hydroxyl groups is 1. The normalized spacial score (nSPS) is 11.3. The molecule has 3 aromatic rings. The van der Waals surface area contributed by atoms with Crippen LogP contribution in [0.2, 0.25) is 0 Å². The highest BCUT2D eigenvalue weighted by atomic mass is 32.2. The smallest absolute Gasteiger partial charge is 0.337 e. The third kappa shape index (κ3) is 3.92. The zero-order valence-corrected chi connectivity index (χ0v) is 14.7. The van der Waals surface area contributed by atoms with Gasteiger partial charge in [-0.2, -0.15) is 0 Å². The van der Waals surface area contributed by atoms with Crippen LogP contribution in [0.4, 0.5) is 5.69 Å². The second-order valence-corrected chi connectivity index (χ2v) is 7.34. The Morgan fingerprint density at radius 2 is 1.88 bits per heavy atom. The molecule has 134 valence electrons. The van der Waals surface area contributed by atoms with Gasteiger partial charge in [-0.15, -0.1) is 0 Å². The van der Waals surface area contributed by atoms with Gasteiger partial charge in [0.2, 0.25) is 15.9 Å². The van der Waals surface area contributed by atoms with Gasteiger partial charge in [0, 0.05) is 17.3 Å². The zero-order chi connectivity index (χ0) is 18.7. The highest BCUT2D eigenvalue weighted by Gasteiger charge is 2.13. The molecule has 0 spiro atoms. The molecule has 2 aromatic carbocycles. The summed E-state index contributed by atoms with van der Waals surface area (Å²) >= 11 is 0. The Hall–Kier alpha value is -3.13. The minimum atomic E-state index is -3.65. The number of esters is 1. The highest BCUT2D eigenvalue weighted by Crippen LogP contribution is 2.25. The van der Waals surface area contributed by atoms with Gasteiger partial charge in [-0.05, 0) is 47.3 Å². The van der Waals surface area contributed by atoms with E-state index in [9.17, 15) is 18.3 Å². The molecule has 0 atom stereocenters. The second kappa shape index (κ2) is 7.01. The Kier molecular flexibility index (Phi) is 4.77. The Bertz CT molecular complexity index is 1060. The predicted molar refractivity (Wildman–Crippen MR) is 97.4 cm³/mol. The van der Waals surface area contributed by atoms with Gasteiger partial charge in [-0.3, -0.25) is 4.72 Å². The van der Waals surface area contributed by atoms with Crippen molar-refractivity contribution < 1.29 is 23.1 Å². The molecular weight excluding hydrogens is 356 g/mol. The molecule has 1 heterocycles. The largest absolute Gasteiger partial charge is 0.493 e. The lowest BCUT2D eigenvalue weighted by Gasteiger charge is -2.10. The fourth-order valence-electron chi connectivity index (χ4n) is 2.52. The standard InChI is InChI=1S/C18H16N2O5S/c1-25-18(22)13-4-2-12(3-5-13)11-26(23,24)20-15-6-7-16-14(10-15)8-9-19-17(16)21/h2-10,20H,11H2,1H3,(H,19,21). The summed E-state index contributed by atoms with van der Waals surface area (Å²) in [5.41, 5.74) is 1.27. The lowest BCUT2D eigenvalue weighted by atomic mass is 10.1.